The molecular weight excluding hydrogens is 737 g/mol. The maximum Gasteiger partial charge on any atom is 0.0716 e. The summed E-state index contributed by atoms with van der Waals surface area (Å²) in [4.78, 5) is 5.53. The number of aromatic nitrogens is 2. The van der Waals surface area contributed by atoms with Crippen molar-refractivity contribution >= 4 is 54.1 Å². The Hall–Kier alpha value is -8.07. The zero-order valence-electron chi connectivity index (χ0n) is 33.3. The van der Waals surface area contributed by atoms with Crippen molar-refractivity contribution < 1.29 is 0 Å². The van der Waals surface area contributed by atoms with E-state index in [1.165, 1.54) is 65.3 Å². The Bertz CT molecular complexity index is 3550. The number of fused-ring (bicyclic) bond motifs is 9. The molecule has 10 aromatic carbocycles. The van der Waals surface area contributed by atoms with E-state index in [-0.39, 0.29) is 0 Å². The quantitative estimate of drug-likeness (QED) is 0.154. The van der Waals surface area contributed by atoms with E-state index in [4.69, 9.17) is 4.98 Å². The molecule has 0 atom stereocenters. The fraction of sp³-hybridized carbons (Fsp3) is 0. The first-order valence-corrected chi connectivity index (χ1v) is 20.9. The minimum absolute atomic E-state index is 0.919. The van der Waals surface area contributed by atoms with Gasteiger partial charge in [-0.2, -0.15) is 0 Å². The van der Waals surface area contributed by atoms with Gasteiger partial charge in [0.2, 0.25) is 0 Å². The van der Waals surface area contributed by atoms with Gasteiger partial charge in [-0.25, -0.2) is 4.98 Å². The fourth-order valence-corrected chi connectivity index (χ4v) is 9.46. The second kappa shape index (κ2) is 14.3. The molecule has 0 spiro atoms. The van der Waals surface area contributed by atoms with E-state index < -0.39 is 0 Å². The molecular formula is C59H38N2. The van der Waals surface area contributed by atoms with Crippen molar-refractivity contribution in [3.63, 3.8) is 0 Å². The van der Waals surface area contributed by atoms with Crippen LogP contribution in [-0.4, -0.2) is 9.55 Å². The predicted molar refractivity (Wildman–Crippen MR) is 258 cm³/mol. The van der Waals surface area contributed by atoms with E-state index in [0.717, 1.165) is 50.5 Å². The lowest BCUT2D eigenvalue weighted by Gasteiger charge is -2.16. The van der Waals surface area contributed by atoms with E-state index in [0.29, 0.717) is 0 Å². The molecule has 284 valence electrons. The monoisotopic (exact) mass is 774 g/mol. The third-order valence-electron chi connectivity index (χ3n) is 12.3. The fourth-order valence-electron chi connectivity index (χ4n) is 9.46. The third-order valence-corrected chi connectivity index (χ3v) is 12.3. The lowest BCUT2D eigenvalue weighted by molar-refractivity contribution is 1.18. The summed E-state index contributed by atoms with van der Waals surface area (Å²) in [6, 6.07) is 83.6. The summed E-state index contributed by atoms with van der Waals surface area (Å²) < 4.78 is 2.42. The SMILES string of the molecule is c1ccc(-c2cccc(-c3cc(-c4ccccc4)cc(-c4cc(-c5ccc6c7ccccc7c7ccccc7c6c5)cc(-n5c6ccccc6c6ccccc65)c4)n3)c2)cc1. The van der Waals surface area contributed by atoms with Gasteiger partial charge in [-0.3, -0.25) is 0 Å². The number of hydrogen-bond acceptors (Lipinski definition) is 1. The van der Waals surface area contributed by atoms with Crippen molar-refractivity contribution in [3.05, 3.63) is 231 Å². The molecule has 0 radical (unpaired) electrons. The minimum Gasteiger partial charge on any atom is -0.309 e. The number of rotatable bonds is 6. The standard InChI is InChI=1S/C59H38N2/c1-3-16-39(17-4-1)41-20-15-21-43(32-41)56-37-45(40-18-5-2-6-19-40)38-57(60-56)46-33-44(34-47(35-46)61-58-28-13-11-26-53(58)54-27-12-14-29-59(54)61)42-30-31-52-50-24-8-7-22-48(50)49-23-9-10-25-51(49)55(52)36-42/h1-38H. The van der Waals surface area contributed by atoms with Gasteiger partial charge in [0.25, 0.3) is 0 Å². The molecule has 0 unspecified atom stereocenters. The Kier molecular flexibility index (Phi) is 8.21. The first kappa shape index (κ1) is 34.9. The largest absolute Gasteiger partial charge is 0.309 e. The summed E-state index contributed by atoms with van der Waals surface area (Å²) in [7, 11) is 0. The summed E-state index contributed by atoms with van der Waals surface area (Å²) in [5.74, 6) is 0. The Balaban J connectivity index is 1.13. The van der Waals surface area contributed by atoms with E-state index in [1.807, 2.05) is 0 Å². The van der Waals surface area contributed by atoms with Crippen LogP contribution in [0.25, 0.3) is 116 Å². The lowest BCUT2D eigenvalue weighted by Crippen LogP contribution is -1.97. The first-order valence-electron chi connectivity index (χ1n) is 20.9. The normalized spacial score (nSPS) is 11.6. The summed E-state index contributed by atoms with van der Waals surface area (Å²) in [5, 5.41) is 10.1. The molecule has 0 amide bonds. The number of hydrogen-bond donors (Lipinski definition) is 0. The van der Waals surface area contributed by atoms with Crippen LogP contribution < -0.4 is 0 Å². The van der Waals surface area contributed by atoms with E-state index in [2.05, 4.69) is 235 Å². The number of pyridine rings is 1. The Morgan fingerprint density at radius 1 is 0.230 bits per heavy atom. The minimum atomic E-state index is 0.919. The zero-order chi connectivity index (χ0) is 40.3. The van der Waals surface area contributed by atoms with Gasteiger partial charge in [-0.05, 0) is 120 Å². The van der Waals surface area contributed by atoms with Crippen molar-refractivity contribution in [3.8, 4) is 61.6 Å². The van der Waals surface area contributed by atoms with Crippen LogP contribution in [0.5, 0.6) is 0 Å². The Morgan fingerprint density at radius 3 is 1.26 bits per heavy atom. The topological polar surface area (TPSA) is 17.8 Å². The molecule has 0 saturated carbocycles. The van der Waals surface area contributed by atoms with Gasteiger partial charge in [-0.15, -0.1) is 0 Å². The molecule has 0 saturated heterocycles. The molecule has 12 aromatic rings. The van der Waals surface area contributed by atoms with Crippen molar-refractivity contribution in [1.29, 1.82) is 0 Å². The van der Waals surface area contributed by atoms with Crippen molar-refractivity contribution in [2.24, 2.45) is 0 Å². The van der Waals surface area contributed by atoms with Gasteiger partial charge < -0.3 is 4.57 Å². The number of nitrogens with zero attached hydrogens (tertiary/aromatic N) is 2. The van der Waals surface area contributed by atoms with Crippen LogP contribution in [0.4, 0.5) is 0 Å². The molecule has 61 heavy (non-hydrogen) atoms. The smallest absolute Gasteiger partial charge is 0.0716 e. The Labute approximate surface area is 354 Å². The summed E-state index contributed by atoms with van der Waals surface area (Å²) in [6.45, 7) is 0. The highest BCUT2D eigenvalue weighted by Gasteiger charge is 2.17. The van der Waals surface area contributed by atoms with Gasteiger partial charge >= 0.3 is 0 Å². The highest BCUT2D eigenvalue weighted by molar-refractivity contribution is 6.25. The first-order chi connectivity index (χ1) is 30.2. The molecule has 12 rings (SSSR count). The zero-order valence-corrected chi connectivity index (χ0v) is 33.3. The molecule has 0 fully saturated rings. The molecule has 2 heterocycles. The lowest BCUT2D eigenvalue weighted by atomic mass is 9.91. The molecule has 2 nitrogen and oxygen atoms in total. The summed E-state index contributed by atoms with van der Waals surface area (Å²) in [6.07, 6.45) is 0. The second-order valence-corrected chi connectivity index (χ2v) is 15.9. The molecule has 0 aliphatic carbocycles. The van der Waals surface area contributed by atoms with Crippen molar-refractivity contribution in [2.75, 3.05) is 0 Å². The van der Waals surface area contributed by atoms with Crippen LogP contribution in [0.15, 0.2) is 231 Å². The third kappa shape index (κ3) is 6.00. The van der Waals surface area contributed by atoms with Gasteiger partial charge in [0.1, 0.15) is 0 Å². The molecule has 2 heteroatoms. The van der Waals surface area contributed by atoms with Crippen LogP contribution in [-0.2, 0) is 0 Å². The highest BCUT2D eigenvalue weighted by atomic mass is 15.0. The number of para-hydroxylation sites is 2. The molecule has 2 aromatic heterocycles. The van der Waals surface area contributed by atoms with Gasteiger partial charge in [0.15, 0.2) is 0 Å². The van der Waals surface area contributed by atoms with Crippen LogP contribution >= 0.6 is 0 Å². The van der Waals surface area contributed by atoms with Crippen LogP contribution in [0.1, 0.15) is 0 Å². The van der Waals surface area contributed by atoms with Gasteiger partial charge in [0.05, 0.1) is 22.4 Å². The molecule has 0 aliphatic heterocycles. The average molecular weight is 775 g/mol. The Morgan fingerprint density at radius 2 is 0.639 bits per heavy atom. The van der Waals surface area contributed by atoms with Crippen molar-refractivity contribution in [2.45, 2.75) is 0 Å². The predicted octanol–water partition coefficient (Wildman–Crippen LogP) is 16.0. The maximum absolute atomic E-state index is 5.53. The van der Waals surface area contributed by atoms with Crippen LogP contribution in [0.3, 0.4) is 0 Å². The summed E-state index contributed by atoms with van der Waals surface area (Å²) >= 11 is 0. The van der Waals surface area contributed by atoms with Crippen LogP contribution in [0, 0.1) is 0 Å². The maximum atomic E-state index is 5.53. The van der Waals surface area contributed by atoms with E-state index in [1.54, 1.807) is 0 Å². The highest BCUT2D eigenvalue weighted by Crippen LogP contribution is 2.41. The second-order valence-electron chi connectivity index (χ2n) is 15.9. The molecule has 0 aliphatic rings. The average Bonchev–Trinajstić information content (AvgIpc) is 3.69. The van der Waals surface area contributed by atoms with Gasteiger partial charge in [0, 0.05) is 27.6 Å². The van der Waals surface area contributed by atoms with E-state index in [9.17, 15) is 0 Å². The molecule has 0 bridgehead atoms. The number of benzene rings is 10. The van der Waals surface area contributed by atoms with E-state index >= 15 is 0 Å². The van der Waals surface area contributed by atoms with Gasteiger partial charge in [-0.1, -0.05) is 176 Å². The molecule has 0 N–H and O–H groups in total. The van der Waals surface area contributed by atoms with Crippen molar-refractivity contribution in [1.82, 2.24) is 9.55 Å². The van der Waals surface area contributed by atoms with Crippen LogP contribution in [0.2, 0.25) is 0 Å². The summed E-state index contributed by atoms with van der Waals surface area (Å²) in [5.41, 5.74) is 14.3.